The summed E-state index contributed by atoms with van der Waals surface area (Å²) in [5.74, 6) is 0. The summed E-state index contributed by atoms with van der Waals surface area (Å²) in [6.07, 6.45) is 0. The Morgan fingerprint density at radius 1 is 0.591 bits per heavy atom. The Labute approximate surface area is 140 Å². The Morgan fingerprint density at radius 2 is 0.864 bits per heavy atom. The van der Waals surface area contributed by atoms with E-state index in [4.69, 9.17) is 0 Å². The molecule has 0 heterocycles. The van der Waals surface area contributed by atoms with E-state index in [1.54, 1.807) is 0 Å². The number of nitrogens with one attached hydrogen (secondary N) is 1. The average molecular weight is 372 g/mol. The SMILES string of the molecule is CNP(Br)(c1ccccc1)(c1ccccc1)c1ccccc1. The second kappa shape index (κ2) is 5.96. The normalized spacial score (nSPS) is 13.3. The molecule has 0 aromatic heterocycles. The van der Waals surface area contributed by atoms with Gasteiger partial charge in [-0.1, -0.05) is 0 Å². The van der Waals surface area contributed by atoms with Crippen molar-refractivity contribution in [3.63, 3.8) is 0 Å². The van der Waals surface area contributed by atoms with E-state index in [1.165, 1.54) is 15.9 Å². The molecule has 0 aliphatic carbocycles. The first-order valence-corrected chi connectivity index (χ1v) is 11.6. The zero-order chi connectivity index (χ0) is 15.5. The number of hydrogen-bond acceptors (Lipinski definition) is 1. The van der Waals surface area contributed by atoms with Gasteiger partial charge in [0.1, 0.15) is 0 Å². The molecule has 0 saturated heterocycles. The molecule has 0 bridgehead atoms. The Kier molecular flexibility index (Phi) is 4.18. The molecule has 1 N–H and O–H groups in total. The van der Waals surface area contributed by atoms with Crippen LogP contribution in [0.1, 0.15) is 0 Å². The van der Waals surface area contributed by atoms with Gasteiger partial charge in [0.15, 0.2) is 0 Å². The molecule has 3 rings (SSSR count). The van der Waals surface area contributed by atoms with Gasteiger partial charge in [-0.25, -0.2) is 0 Å². The first-order chi connectivity index (χ1) is 10.7. The van der Waals surface area contributed by atoms with Gasteiger partial charge in [0.25, 0.3) is 0 Å². The van der Waals surface area contributed by atoms with Crippen molar-refractivity contribution in [1.82, 2.24) is 5.09 Å². The molecule has 0 atom stereocenters. The van der Waals surface area contributed by atoms with Crippen molar-refractivity contribution >= 4 is 36.9 Å². The van der Waals surface area contributed by atoms with Crippen molar-refractivity contribution in [3.8, 4) is 0 Å². The van der Waals surface area contributed by atoms with Crippen molar-refractivity contribution in [1.29, 1.82) is 0 Å². The van der Waals surface area contributed by atoms with Crippen molar-refractivity contribution < 1.29 is 0 Å². The van der Waals surface area contributed by atoms with Crippen molar-refractivity contribution in [3.05, 3.63) is 91.0 Å². The molecule has 3 heteroatoms. The molecule has 112 valence electrons. The van der Waals surface area contributed by atoms with Crippen LogP contribution in [0.25, 0.3) is 0 Å². The fourth-order valence-electron chi connectivity index (χ4n) is 2.96. The minimum absolute atomic E-state index is 1.27. The zero-order valence-corrected chi connectivity index (χ0v) is 15.0. The Morgan fingerprint density at radius 3 is 1.09 bits per heavy atom. The van der Waals surface area contributed by atoms with E-state index in [-0.39, 0.29) is 0 Å². The summed E-state index contributed by atoms with van der Waals surface area (Å²) in [5.41, 5.74) is -2.84. The standard InChI is InChI=1S/C19H19BrNP/c1-21-22(20,17-11-5-2-6-12-17,18-13-7-3-8-14-18)19-15-9-4-10-16-19/h2-16,21H,1H3. The van der Waals surface area contributed by atoms with Crippen LogP contribution in [0.2, 0.25) is 0 Å². The van der Waals surface area contributed by atoms with E-state index < -0.39 is 5.46 Å². The number of rotatable bonds is 4. The Bertz CT molecular complexity index is 645. The number of hydrogen-bond donors (Lipinski definition) is 1. The second-order valence-corrected chi connectivity index (χ2v) is 13.5. The third kappa shape index (κ3) is 2.23. The third-order valence-electron chi connectivity index (χ3n) is 4.14. The van der Waals surface area contributed by atoms with Crippen LogP contribution >= 0.6 is 20.9 Å². The van der Waals surface area contributed by atoms with Gasteiger partial charge in [-0.3, -0.25) is 0 Å². The summed E-state index contributed by atoms with van der Waals surface area (Å²) in [6, 6.07) is 32.0. The summed E-state index contributed by atoms with van der Waals surface area (Å²) in [4.78, 5) is 0. The summed E-state index contributed by atoms with van der Waals surface area (Å²) in [6.45, 7) is 0. The van der Waals surface area contributed by atoms with E-state index in [0.29, 0.717) is 0 Å². The first-order valence-electron chi connectivity index (χ1n) is 7.30. The maximum absolute atomic E-state index is 4.24. The number of benzene rings is 3. The third-order valence-corrected chi connectivity index (χ3v) is 13.5. The second-order valence-electron chi connectivity index (χ2n) is 5.24. The summed E-state index contributed by atoms with van der Waals surface area (Å²) < 4.78 is 0. The fourth-order valence-corrected chi connectivity index (χ4v) is 8.95. The van der Waals surface area contributed by atoms with Gasteiger partial charge in [-0.05, 0) is 0 Å². The van der Waals surface area contributed by atoms with Gasteiger partial charge in [0, 0.05) is 0 Å². The topological polar surface area (TPSA) is 12.0 Å². The van der Waals surface area contributed by atoms with Crippen LogP contribution in [-0.4, -0.2) is 7.05 Å². The Hall–Kier alpha value is -1.47. The molecular weight excluding hydrogens is 353 g/mol. The van der Waals surface area contributed by atoms with Crippen LogP contribution < -0.4 is 21.0 Å². The molecule has 1 nitrogen and oxygen atoms in total. The van der Waals surface area contributed by atoms with Gasteiger partial charge in [0.05, 0.1) is 0 Å². The van der Waals surface area contributed by atoms with Gasteiger partial charge < -0.3 is 0 Å². The summed E-state index contributed by atoms with van der Waals surface area (Å²) in [7, 11) is 2.04. The molecule has 22 heavy (non-hydrogen) atoms. The van der Waals surface area contributed by atoms with Crippen LogP contribution in [0, 0.1) is 0 Å². The first kappa shape index (κ1) is 15.4. The van der Waals surface area contributed by atoms with Crippen LogP contribution in [0.15, 0.2) is 91.0 Å². The molecule has 3 aromatic rings. The molecule has 0 aliphatic heterocycles. The molecule has 0 unspecified atom stereocenters. The van der Waals surface area contributed by atoms with Crippen molar-refractivity contribution in [2.24, 2.45) is 0 Å². The summed E-state index contributed by atoms with van der Waals surface area (Å²) >= 11 is 4.24. The van der Waals surface area contributed by atoms with E-state index in [2.05, 4.69) is 112 Å². The maximum atomic E-state index is 4.24. The molecule has 0 spiro atoms. The predicted molar refractivity (Wildman–Crippen MR) is 103 cm³/mol. The van der Waals surface area contributed by atoms with Crippen LogP contribution in [0.5, 0.6) is 0 Å². The fraction of sp³-hybridized carbons (Fsp3) is 0.0526. The van der Waals surface area contributed by atoms with E-state index in [9.17, 15) is 0 Å². The van der Waals surface area contributed by atoms with Gasteiger partial charge in [-0.15, -0.1) is 0 Å². The predicted octanol–water partition coefficient (Wildman–Crippen LogP) is 3.96. The van der Waals surface area contributed by atoms with E-state index in [0.717, 1.165) is 0 Å². The van der Waals surface area contributed by atoms with E-state index in [1.807, 2.05) is 7.05 Å². The molecular formula is C19H19BrNP. The quantitative estimate of drug-likeness (QED) is 0.684. The number of halogens is 1. The molecule has 0 saturated carbocycles. The molecule has 0 aliphatic rings. The van der Waals surface area contributed by atoms with Crippen LogP contribution in [0.3, 0.4) is 0 Å². The van der Waals surface area contributed by atoms with Gasteiger partial charge in [-0.2, -0.15) is 0 Å². The monoisotopic (exact) mass is 371 g/mol. The minimum atomic E-state index is -2.84. The zero-order valence-electron chi connectivity index (χ0n) is 12.5. The molecule has 0 fully saturated rings. The average Bonchev–Trinajstić information content (AvgIpc) is 2.63. The van der Waals surface area contributed by atoms with Crippen molar-refractivity contribution in [2.45, 2.75) is 0 Å². The molecule has 3 aromatic carbocycles. The van der Waals surface area contributed by atoms with Gasteiger partial charge >= 0.3 is 140 Å². The summed E-state index contributed by atoms with van der Waals surface area (Å²) in [5, 5.41) is 7.50. The Balaban J connectivity index is 2.41. The van der Waals surface area contributed by atoms with E-state index >= 15 is 0 Å². The molecule has 0 amide bonds. The molecule has 0 radical (unpaired) electrons. The van der Waals surface area contributed by atoms with Crippen LogP contribution in [-0.2, 0) is 0 Å². The van der Waals surface area contributed by atoms with Gasteiger partial charge in [0.2, 0.25) is 0 Å². The van der Waals surface area contributed by atoms with Crippen LogP contribution in [0.4, 0.5) is 0 Å². The van der Waals surface area contributed by atoms with Crippen molar-refractivity contribution in [2.75, 3.05) is 7.05 Å².